The van der Waals surface area contributed by atoms with E-state index >= 15 is 0 Å². The predicted molar refractivity (Wildman–Crippen MR) is 150 cm³/mol. The van der Waals surface area contributed by atoms with Gasteiger partial charge in [-0.25, -0.2) is 0 Å². The summed E-state index contributed by atoms with van der Waals surface area (Å²) in [4.78, 5) is 5.01. The van der Waals surface area contributed by atoms with Gasteiger partial charge in [-0.3, -0.25) is 4.99 Å². The fraction of sp³-hybridized carbons (Fsp3) is 0.406. The van der Waals surface area contributed by atoms with Crippen LogP contribution in [-0.4, -0.2) is 6.21 Å². The molecule has 0 radical (unpaired) electrons. The van der Waals surface area contributed by atoms with Crippen LogP contribution in [0.25, 0.3) is 0 Å². The minimum Gasteiger partial charge on any atom is -0.381 e. The van der Waals surface area contributed by atoms with E-state index in [0.717, 1.165) is 17.8 Å². The molecule has 0 aromatic heterocycles. The van der Waals surface area contributed by atoms with Crippen molar-refractivity contribution in [1.82, 2.24) is 0 Å². The van der Waals surface area contributed by atoms with Crippen molar-refractivity contribution in [1.29, 1.82) is 0 Å². The van der Waals surface area contributed by atoms with Gasteiger partial charge in [0.1, 0.15) is 0 Å². The van der Waals surface area contributed by atoms with Crippen molar-refractivity contribution in [2.24, 2.45) is 4.99 Å². The molecule has 0 fully saturated rings. The SMILES string of the molecule is CC(C)c1cccc(C(C)C)c1N=Cc1cccc(CNc2c(C(C)C)cccc2C(C)C)c1. The normalized spacial score (nSPS) is 12.0. The molecule has 34 heavy (non-hydrogen) atoms. The quantitative estimate of drug-likeness (QED) is 0.320. The minimum absolute atomic E-state index is 0.442. The van der Waals surface area contributed by atoms with E-state index in [1.54, 1.807) is 0 Å². The Hall–Kier alpha value is -2.87. The van der Waals surface area contributed by atoms with Crippen LogP contribution >= 0.6 is 0 Å². The van der Waals surface area contributed by atoms with Crippen molar-refractivity contribution < 1.29 is 0 Å². The molecule has 180 valence electrons. The van der Waals surface area contributed by atoms with E-state index in [4.69, 9.17) is 4.99 Å². The number of benzene rings is 3. The van der Waals surface area contributed by atoms with E-state index in [0.29, 0.717) is 23.7 Å². The lowest BCUT2D eigenvalue weighted by Crippen LogP contribution is -2.08. The minimum atomic E-state index is 0.442. The number of nitrogens with zero attached hydrogens (tertiary/aromatic N) is 1. The average Bonchev–Trinajstić information content (AvgIpc) is 2.80. The number of para-hydroxylation sites is 2. The van der Waals surface area contributed by atoms with Crippen LogP contribution in [0.1, 0.15) is 112 Å². The van der Waals surface area contributed by atoms with E-state index in [9.17, 15) is 0 Å². The summed E-state index contributed by atoms with van der Waals surface area (Å²) in [6.07, 6.45) is 2.03. The molecule has 0 heterocycles. The van der Waals surface area contributed by atoms with Gasteiger partial charge in [-0.1, -0.05) is 110 Å². The van der Waals surface area contributed by atoms with Gasteiger partial charge in [0, 0.05) is 18.4 Å². The molecule has 0 saturated carbocycles. The van der Waals surface area contributed by atoms with Gasteiger partial charge in [0.05, 0.1) is 5.69 Å². The van der Waals surface area contributed by atoms with Crippen molar-refractivity contribution in [2.75, 3.05) is 5.32 Å². The largest absolute Gasteiger partial charge is 0.381 e. The maximum atomic E-state index is 5.01. The lowest BCUT2D eigenvalue weighted by molar-refractivity contribution is 0.832. The molecule has 0 amide bonds. The third-order valence-electron chi connectivity index (χ3n) is 6.48. The Kier molecular flexibility index (Phi) is 8.72. The highest BCUT2D eigenvalue weighted by Gasteiger charge is 2.14. The zero-order valence-electron chi connectivity index (χ0n) is 22.3. The van der Waals surface area contributed by atoms with Crippen LogP contribution in [0.15, 0.2) is 65.7 Å². The second kappa shape index (κ2) is 11.5. The van der Waals surface area contributed by atoms with Gasteiger partial charge in [0.2, 0.25) is 0 Å². The lowest BCUT2D eigenvalue weighted by Gasteiger charge is -2.21. The summed E-state index contributed by atoms with van der Waals surface area (Å²) in [6, 6.07) is 22.0. The van der Waals surface area contributed by atoms with E-state index in [1.165, 1.54) is 33.5 Å². The van der Waals surface area contributed by atoms with E-state index in [2.05, 4.69) is 121 Å². The van der Waals surface area contributed by atoms with Gasteiger partial charge in [0.25, 0.3) is 0 Å². The maximum Gasteiger partial charge on any atom is 0.0699 e. The summed E-state index contributed by atoms with van der Waals surface area (Å²) in [5, 5.41) is 3.77. The second-order valence-electron chi connectivity index (χ2n) is 10.6. The molecular weight excluding hydrogens is 412 g/mol. The lowest BCUT2D eigenvalue weighted by atomic mass is 9.92. The fourth-order valence-electron chi connectivity index (χ4n) is 4.53. The topological polar surface area (TPSA) is 24.4 Å². The molecule has 0 spiro atoms. The molecule has 3 aromatic carbocycles. The molecule has 0 atom stereocenters. The summed E-state index contributed by atoms with van der Waals surface area (Å²) >= 11 is 0. The molecular formula is C32H42N2. The Bertz CT molecular complexity index is 1070. The molecule has 0 aliphatic heterocycles. The van der Waals surface area contributed by atoms with Gasteiger partial charge in [-0.05, 0) is 63.1 Å². The zero-order valence-corrected chi connectivity index (χ0v) is 22.3. The van der Waals surface area contributed by atoms with Gasteiger partial charge in [0.15, 0.2) is 0 Å². The number of nitrogens with one attached hydrogen (secondary N) is 1. The number of anilines is 1. The Balaban J connectivity index is 1.87. The van der Waals surface area contributed by atoms with Crippen molar-refractivity contribution in [3.8, 4) is 0 Å². The zero-order chi connectivity index (χ0) is 24.8. The molecule has 2 heteroatoms. The average molecular weight is 455 g/mol. The standard InChI is InChI=1S/C32H42N2/c1-21(2)27-14-10-15-28(22(3)4)31(27)33-19-25-12-9-13-26(18-25)20-34-32-29(23(5)6)16-11-17-30(32)24(7)8/h9-19,21-24,34H,20H2,1-8H3. The van der Waals surface area contributed by atoms with Crippen LogP contribution in [0, 0.1) is 0 Å². The fourth-order valence-corrected chi connectivity index (χ4v) is 4.53. The number of hydrogen-bond acceptors (Lipinski definition) is 2. The van der Waals surface area contributed by atoms with Crippen LogP contribution in [0.5, 0.6) is 0 Å². The molecule has 0 aliphatic rings. The van der Waals surface area contributed by atoms with Gasteiger partial charge >= 0.3 is 0 Å². The van der Waals surface area contributed by atoms with E-state index in [1.807, 2.05) is 6.21 Å². The number of rotatable bonds is 9. The highest BCUT2D eigenvalue weighted by atomic mass is 14.9. The molecule has 0 bridgehead atoms. The Morgan fingerprint density at radius 1 is 0.647 bits per heavy atom. The van der Waals surface area contributed by atoms with E-state index < -0.39 is 0 Å². The Morgan fingerprint density at radius 3 is 1.62 bits per heavy atom. The monoisotopic (exact) mass is 454 g/mol. The van der Waals surface area contributed by atoms with Crippen LogP contribution in [0.2, 0.25) is 0 Å². The first-order valence-electron chi connectivity index (χ1n) is 12.8. The highest BCUT2D eigenvalue weighted by Crippen LogP contribution is 2.35. The molecule has 0 aliphatic carbocycles. The number of hydrogen-bond donors (Lipinski definition) is 1. The highest BCUT2D eigenvalue weighted by molar-refractivity contribution is 5.83. The van der Waals surface area contributed by atoms with Gasteiger partial charge in [-0.2, -0.15) is 0 Å². The molecule has 1 N–H and O–H groups in total. The summed E-state index contributed by atoms with van der Waals surface area (Å²) in [6.45, 7) is 18.8. The Labute approximate surface area is 207 Å². The van der Waals surface area contributed by atoms with Gasteiger partial charge in [-0.15, -0.1) is 0 Å². The van der Waals surface area contributed by atoms with Gasteiger partial charge < -0.3 is 5.32 Å². The summed E-state index contributed by atoms with van der Waals surface area (Å²) in [5.41, 5.74) is 10.2. The first kappa shape index (κ1) is 25.7. The number of aliphatic imine (C=N–C) groups is 1. The molecule has 0 saturated heterocycles. The maximum absolute atomic E-state index is 5.01. The second-order valence-corrected chi connectivity index (χ2v) is 10.6. The predicted octanol–water partition coefficient (Wildman–Crippen LogP) is 9.54. The van der Waals surface area contributed by atoms with Crippen LogP contribution in [-0.2, 0) is 6.54 Å². The molecule has 3 rings (SSSR count). The first-order chi connectivity index (χ1) is 16.2. The van der Waals surface area contributed by atoms with Crippen LogP contribution in [0.4, 0.5) is 11.4 Å². The molecule has 2 nitrogen and oxygen atoms in total. The third kappa shape index (κ3) is 6.17. The van der Waals surface area contributed by atoms with Crippen molar-refractivity contribution in [3.05, 3.63) is 94.0 Å². The van der Waals surface area contributed by atoms with Crippen LogP contribution < -0.4 is 5.32 Å². The smallest absolute Gasteiger partial charge is 0.0699 e. The Morgan fingerprint density at radius 2 is 1.12 bits per heavy atom. The van der Waals surface area contributed by atoms with E-state index in [-0.39, 0.29) is 0 Å². The molecule has 0 unspecified atom stereocenters. The molecule has 3 aromatic rings. The van der Waals surface area contributed by atoms with Crippen molar-refractivity contribution in [3.63, 3.8) is 0 Å². The summed E-state index contributed by atoms with van der Waals surface area (Å²) in [7, 11) is 0. The van der Waals surface area contributed by atoms with Crippen LogP contribution in [0.3, 0.4) is 0 Å². The first-order valence-corrected chi connectivity index (χ1v) is 12.8. The summed E-state index contributed by atoms with van der Waals surface area (Å²) in [5.74, 6) is 1.85. The third-order valence-corrected chi connectivity index (χ3v) is 6.48. The van der Waals surface area contributed by atoms with Crippen molar-refractivity contribution in [2.45, 2.75) is 85.6 Å². The summed E-state index contributed by atoms with van der Waals surface area (Å²) < 4.78 is 0. The van der Waals surface area contributed by atoms with Crippen molar-refractivity contribution >= 4 is 17.6 Å².